The Morgan fingerprint density at radius 3 is 2.76 bits per heavy atom. The molecule has 0 fully saturated rings. The Morgan fingerprint density at radius 1 is 1.29 bits per heavy atom. The van der Waals surface area contributed by atoms with Gasteiger partial charge in [0.1, 0.15) is 5.82 Å². The van der Waals surface area contributed by atoms with Gasteiger partial charge in [0, 0.05) is 11.1 Å². The Morgan fingerprint density at radius 2 is 2.06 bits per heavy atom. The molecular weight excluding hydrogens is 221 g/mol. The lowest BCUT2D eigenvalue weighted by atomic mass is 10.2. The SMILES string of the molecule is [N-]=[N+]=NCc1cnn(Cc2ccc(F)cc2)c1. The Hall–Kier alpha value is -2.33. The third kappa shape index (κ3) is 3.06. The maximum Gasteiger partial charge on any atom is 0.123 e. The monoisotopic (exact) mass is 231 g/mol. The van der Waals surface area contributed by atoms with E-state index in [0.717, 1.165) is 11.1 Å². The molecule has 0 aliphatic rings. The van der Waals surface area contributed by atoms with Crippen molar-refractivity contribution in [3.8, 4) is 0 Å². The predicted molar refractivity (Wildman–Crippen MR) is 60.6 cm³/mol. The second-order valence-corrected chi connectivity index (χ2v) is 3.56. The standard InChI is InChI=1S/C11H10FN5/c12-11-3-1-9(2-4-11)7-17-8-10(6-15-17)5-14-16-13/h1-4,6,8H,5,7H2. The molecule has 2 rings (SSSR count). The summed E-state index contributed by atoms with van der Waals surface area (Å²) in [6, 6.07) is 6.26. The van der Waals surface area contributed by atoms with E-state index in [1.165, 1.54) is 12.1 Å². The molecule has 6 heteroatoms. The zero-order chi connectivity index (χ0) is 12.1. The molecule has 0 unspecified atom stereocenters. The van der Waals surface area contributed by atoms with Gasteiger partial charge in [-0.15, -0.1) is 0 Å². The number of hydrogen-bond donors (Lipinski definition) is 0. The molecule has 0 saturated heterocycles. The van der Waals surface area contributed by atoms with Gasteiger partial charge >= 0.3 is 0 Å². The smallest absolute Gasteiger partial charge is 0.123 e. The van der Waals surface area contributed by atoms with Gasteiger partial charge in [-0.05, 0) is 28.8 Å². The molecule has 0 amide bonds. The van der Waals surface area contributed by atoms with Crippen LogP contribution in [-0.2, 0) is 13.1 Å². The summed E-state index contributed by atoms with van der Waals surface area (Å²) in [6.07, 6.45) is 3.45. The molecule has 1 heterocycles. The fourth-order valence-corrected chi connectivity index (χ4v) is 1.46. The number of nitrogens with zero attached hydrogens (tertiary/aromatic N) is 5. The van der Waals surface area contributed by atoms with Crippen LogP contribution in [0.3, 0.4) is 0 Å². The quantitative estimate of drug-likeness (QED) is 0.453. The largest absolute Gasteiger partial charge is 0.268 e. The van der Waals surface area contributed by atoms with Crippen molar-refractivity contribution in [1.29, 1.82) is 0 Å². The van der Waals surface area contributed by atoms with Crippen LogP contribution in [0.25, 0.3) is 10.4 Å². The summed E-state index contributed by atoms with van der Waals surface area (Å²) < 4.78 is 14.4. The zero-order valence-corrected chi connectivity index (χ0v) is 8.99. The van der Waals surface area contributed by atoms with E-state index in [4.69, 9.17) is 5.53 Å². The third-order valence-electron chi connectivity index (χ3n) is 2.26. The minimum Gasteiger partial charge on any atom is -0.268 e. The maximum atomic E-state index is 12.7. The van der Waals surface area contributed by atoms with E-state index in [1.54, 1.807) is 29.2 Å². The van der Waals surface area contributed by atoms with Crippen molar-refractivity contribution in [2.75, 3.05) is 0 Å². The van der Waals surface area contributed by atoms with Crippen molar-refractivity contribution in [3.63, 3.8) is 0 Å². The number of rotatable bonds is 4. The molecule has 0 spiro atoms. The van der Waals surface area contributed by atoms with Crippen molar-refractivity contribution < 1.29 is 4.39 Å². The number of hydrogen-bond acceptors (Lipinski definition) is 2. The molecule has 0 aliphatic carbocycles. The molecule has 1 aromatic heterocycles. The molecule has 17 heavy (non-hydrogen) atoms. The molecule has 0 N–H and O–H groups in total. The summed E-state index contributed by atoms with van der Waals surface area (Å²) in [6.45, 7) is 0.858. The first-order chi connectivity index (χ1) is 8.28. The predicted octanol–water partition coefficient (Wildman–Crippen LogP) is 2.88. The normalized spacial score (nSPS) is 9.94. The minimum absolute atomic E-state index is 0.252. The van der Waals surface area contributed by atoms with E-state index in [-0.39, 0.29) is 5.82 Å². The van der Waals surface area contributed by atoms with Crippen LogP contribution in [-0.4, -0.2) is 9.78 Å². The van der Waals surface area contributed by atoms with E-state index in [0.29, 0.717) is 13.1 Å². The second kappa shape index (κ2) is 5.14. The van der Waals surface area contributed by atoms with E-state index in [2.05, 4.69) is 15.1 Å². The highest BCUT2D eigenvalue weighted by Crippen LogP contribution is 2.06. The van der Waals surface area contributed by atoms with Crippen LogP contribution in [0.5, 0.6) is 0 Å². The van der Waals surface area contributed by atoms with Crippen LogP contribution in [0.1, 0.15) is 11.1 Å². The Kier molecular flexibility index (Phi) is 3.37. The van der Waals surface area contributed by atoms with Crippen LogP contribution in [0.15, 0.2) is 41.8 Å². The highest BCUT2D eigenvalue weighted by molar-refractivity contribution is 5.16. The van der Waals surface area contributed by atoms with E-state index in [9.17, 15) is 4.39 Å². The van der Waals surface area contributed by atoms with Gasteiger partial charge in [0.15, 0.2) is 0 Å². The van der Waals surface area contributed by atoms with Gasteiger partial charge in [0.25, 0.3) is 0 Å². The fourth-order valence-electron chi connectivity index (χ4n) is 1.46. The van der Waals surface area contributed by atoms with Gasteiger partial charge in [0.2, 0.25) is 0 Å². The highest BCUT2D eigenvalue weighted by atomic mass is 19.1. The van der Waals surface area contributed by atoms with Crippen LogP contribution < -0.4 is 0 Å². The first-order valence-corrected chi connectivity index (χ1v) is 5.04. The number of halogens is 1. The van der Waals surface area contributed by atoms with Gasteiger partial charge in [-0.1, -0.05) is 17.2 Å². The van der Waals surface area contributed by atoms with Crippen molar-refractivity contribution in [3.05, 3.63) is 64.0 Å². The van der Waals surface area contributed by atoms with Crippen molar-refractivity contribution >= 4 is 0 Å². The fraction of sp³-hybridized carbons (Fsp3) is 0.182. The summed E-state index contributed by atoms with van der Waals surface area (Å²) in [5.74, 6) is -0.252. The molecular formula is C11H10FN5. The summed E-state index contributed by atoms with van der Waals surface area (Å²) in [5.41, 5.74) is 10.0. The van der Waals surface area contributed by atoms with Gasteiger partial charge in [-0.3, -0.25) is 4.68 Å². The molecule has 0 bridgehead atoms. The van der Waals surface area contributed by atoms with Crippen LogP contribution in [0, 0.1) is 5.82 Å². The van der Waals surface area contributed by atoms with Crippen molar-refractivity contribution in [1.82, 2.24) is 9.78 Å². The maximum absolute atomic E-state index is 12.7. The van der Waals surface area contributed by atoms with E-state index in [1.807, 2.05) is 0 Å². The second-order valence-electron chi connectivity index (χ2n) is 3.56. The number of aromatic nitrogens is 2. The molecule has 2 aromatic rings. The van der Waals surface area contributed by atoms with Gasteiger partial charge in [-0.25, -0.2) is 4.39 Å². The lowest BCUT2D eigenvalue weighted by Crippen LogP contribution is -1.99. The minimum atomic E-state index is -0.252. The molecule has 0 atom stereocenters. The van der Waals surface area contributed by atoms with Crippen LogP contribution >= 0.6 is 0 Å². The zero-order valence-electron chi connectivity index (χ0n) is 8.99. The summed E-state index contributed by atoms with van der Waals surface area (Å²) in [7, 11) is 0. The van der Waals surface area contributed by atoms with Crippen LogP contribution in [0.2, 0.25) is 0 Å². The van der Waals surface area contributed by atoms with E-state index < -0.39 is 0 Å². The Bertz CT molecular complexity index is 539. The number of benzene rings is 1. The van der Waals surface area contributed by atoms with Gasteiger partial charge in [-0.2, -0.15) is 5.10 Å². The topological polar surface area (TPSA) is 66.6 Å². The molecule has 0 saturated carbocycles. The summed E-state index contributed by atoms with van der Waals surface area (Å²) in [5, 5.41) is 7.58. The van der Waals surface area contributed by atoms with Gasteiger partial charge in [0.05, 0.1) is 19.3 Å². The Labute approximate surface area is 97.1 Å². The molecule has 5 nitrogen and oxygen atoms in total. The molecule has 0 radical (unpaired) electrons. The number of azide groups is 1. The molecule has 1 aromatic carbocycles. The third-order valence-corrected chi connectivity index (χ3v) is 2.26. The lowest BCUT2D eigenvalue weighted by Gasteiger charge is -2.01. The average Bonchev–Trinajstić information content (AvgIpc) is 2.77. The summed E-state index contributed by atoms with van der Waals surface area (Å²) in [4.78, 5) is 2.68. The molecule has 0 aliphatic heterocycles. The average molecular weight is 231 g/mol. The Balaban J connectivity index is 2.05. The molecule has 86 valence electrons. The summed E-state index contributed by atoms with van der Waals surface area (Å²) >= 11 is 0. The van der Waals surface area contributed by atoms with Crippen LogP contribution in [0.4, 0.5) is 4.39 Å². The first-order valence-electron chi connectivity index (χ1n) is 5.04. The van der Waals surface area contributed by atoms with Crippen molar-refractivity contribution in [2.24, 2.45) is 5.11 Å². The highest BCUT2D eigenvalue weighted by Gasteiger charge is 1.99. The lowest BCUT2D eigenvalue weighted by molar-refractivity contribution is 0.624. The van der Waals surface area contributed by atoms with Crippen molar-refractivity contribution in [2.45, 2.75) is 13.1 Å². The first kappa shape index (κ1) is 11.2. The van der Waals surface area contributed by atoms with E-state index >= 15 is 0 Å². The van der Waals surface area contributed by atoms with Gasteiger partial charge < -0.3 is 0 Å².